The Labute approximate surface area is 479 Å². The molecule has 0 aromatic carbocycles. The Morgan fingerprint density at radius 3 is 0.861 bits per heavy atom. The summed E-state index contributed by atoms with van der Waals surface area (Å²) in [5, 5.41) is 10.5. The summed E-state index contributed by atoms with van der Waals surface area (Å²) in [5.41, 5.74) is 0. The molecule has 3 N–H and O–H groups in total. The number of carbonyl (C=O) groups is 4. The number of phosphoric acid groups is 2. The maximum Gasteiger partial charge on any atom is 0.472 e. The van der Waals surface area contributed by atoms with Crippen molar-refractivity contribution in [3.05, 3.63) is 0 Å². The highest BCUT2D eigenvalue weighted by Crippen LogP contribution is 2.45. The van der Waals surface area contributed by atoms with E-state index in [-0.39, 0.29) is 25.7 Å². The van der Waals surface area contributed by atoms with E-state index in [9.17, 15) is 43.2 Å². The van der Waals surface area contributed by atoms with E-state index in [1.807, 2.05) is 0 Å². The second-order valence-electron chi connectivity index (χ2n) is 23.2. The van der Waals surface area contributed by atoms with Crippen molar-refractivity contribution < 1.29 is 80.2 Å². The summed E-state index contributed by atoms with van der Waals surface area (Å²) in [7, 11) is -9.88. The molecule has 0 saturated heterocycles. The van der Waals surface area contributed by atoms with Crippen LogP contribution in [0.5, 0.6) is 0 Å². The number of aliphatic hydroxyl groups is 1. The summed E-state index contributed by atoms with van der Waals surface area (Å²) < 4.78 is 67.7. The molecule has 2 unspecified atom stereocenters. The molecular formula is C60H116O17P2. The van der Waals surface area contributed by atoms with Gasteiger partial charge in [0, 0.05) is 25.7 Å². The third-order valence-electron chi connectivity index (χ3n) is 13.6. The number of aliphatic hydroxyl groups excluding tert-OH is 1. The van der Waals surface area contributed by atoms with E-state index in [0.29, 0.717) is 43.4 Å². The van der Waals surface area contributed by atoms with E-state index >= 15 is 0 Å². The van der Waals surface area contributed by atoms with Crippen molar-refractivity contribution in [1.29, 1.82) is 0 Å². The Balaban J connectivity index is 5.24. The molecule has 79 heavy (non-hydrogen) atoms. The van der Waals surface area contributed by atoms with Gasteiger partial charge in [-0.2, -0.15) is 0 Å². The van der Waals surface area contributed by atoms with E-state index in [1.54, 1.807) is 0 Å². The molecule has 0 bridgehead atoms. The second-order valence-corrected chi connectivity index (χ2v) is 26.1. The summed E-state index contributed by atoms with van der Waals surface area (Å²) in [6, 6.07) is 0. The molecule has 0 aliphatic carbocycles. The Morgan fingerprint density at radius 2 is 0.582 bits per heavy atom. The van der Waals surface area contributed by atoms with Gasteiger partial charge in [-0.15, -0.1) is 0 Å². The van der Waals surface area contributed by atoms with Crippen molar-refractivity contribution in [3.8, 4) is 0 Å². The first-order chi connectivity index (χ1) is 37.7. The van der Waals surface area contributed by atoms with Gasteiger partial charge in [-0.05, 0) is 43.4 Å². The van der Waals surface area contributed by atoms with Crippen molar-refractivity contribution in [2.75, 3.05) is 39.6 Å². The van der Waals surface area contributed by atoms with Gasteiger partial charge in [0.1, 0.15) is 19.3 Å². The van der Waals surface area contributed by atoms with Gasteiger partial charge in [0.2, 0.25) is 0 Å². The predicted octanol–water partition coefficient (Wildman–Crippen LogP) is 15.9. The Bertz CT molecular complexity index is 1580. The van der Waals surface area contributed by atoms with Gasteiger partial charge in [-0.1, -0.05) is 235 Å². The zero-order valence-corrected chi connectivity index (χ0v) is 52.6. The average Bonchev–Trinajstić information content (AvgIpc) is 3.39. The monoisotopic (exact) mass is 1170 g/mol. The third kappa shape index (κ3) is 55.0. The number of esters is 4. The maximum absolute atomic E-state index is 12.9. The lowest BCUT2D eigenvalue weighted by atomic mass is 10.0. The first kappa shape index (κ1) is 77.1. The molecule has 0 aliphatic heterocycles. The molecule has 0 aromatic rings. The Morgan fingerprint density at radius 1 is 0.342 bits per heavy atom. The number of ether oxygens (including phenoxy) is 4. The van der Waals surface area contributed by atoms with Crippen LogP contribution >= 0.6 is 15.6 Å². The summed E-state index contributed by atoms with van der Waals surface area (Å²) in [6.45, 7) is 11.6. The summed E-state index contributed by atoms with van der Waals surface area (Å²) in [6.07, 6.45) is 31.0. The van der Waals surface area contributed by atoms with Crippen molar-refractivity contribution in [3.63, 3.8) is 0 Å². The third-order valence-corrected chi connectivity index (χ3v) is 15.5. The van der Waals surface area contributed by atoms with Crippen molar-refractivity contribution in [2.24, 2.45) is 17.8 Å². The van der Waals surface area contributed by atoms with E-state index in [4.69, 9.17) is 37.0 Å². The van der Waals surface area contributed by atoms with Gasteiger partial charge in [0.05, 0.1) is 26.4 Å². The highest BCUT2D eigenvalue weighted by Gasteiger charge is 2.30. The zero-order chi connectivity index (χ0) is 58.8. The van der Waals surface area contributed by atoms with Crippen LogP contribution in [-0.4, -0.2) is 96.7 Å². The fraction of sp³-hybridized carbons (Fsp3) is 0.933. The molecule has 0 rings (SSSR count). The number of hydrogen-bond donors (Lipinski definition) is 3. The normalized spacial score (nSPS) is 14.5. The van der Waals surface area contributed by atoms with Gasteiger partial charge < -0.3 is 33.8 Å². The van der Waals surface area contributed by atoms with Crippen LogP contribution in [0, 0.1) is 17.8 Å². The van der Waals surface area contributed by atoms with Crippen LogP contribution < -0.4 is 0 Å². The van der Waals surface area contributed by atoms with Crippen LogP contribution in [0.15, 0.2) is 0 Å². The topological polar surface area (TPSA) is 237 Å². The highest BCUT2D eigenvalue weighted by molar-refractivity contribution is 7.47. The molecule has 468 valence electrons. The highest BCUT2D eigenvalue weighted by atomic mass is 31.2. The largest absolute Gasteiger partial charge is 0.472 e. The lowest BCUT2D eigenvalue weighted by Gasteiger charge is -2.21. The van der Waals surface area contributed by atoms with Crippen LogP contribution in [0.3, 0.4) is 0 Å². The van der Waals surface area contributed by atoms with E-state index < -0.39 is 97.5 Å². The van der Waals surface area contributed by atoms with Gasteiger partial charge in [-0.25, -0.2) is 9.13 Å². The predicted molar refractivity (Wildman–Crippen MR) is 312 cm³/mol. The zero-order valence-electron chi connectivity index (χ0n) is 50.8. The molecule has 0 aliphatic rings. The van der Waals surface area contributed by atoms with Crippen LogP contribution in [0.2, 0.25) is 0 Å². The molecule has 0 spiro atoms. The fourth-order valence-corrected chi connectivity index (χ4v) is 10.4. The summed E-state index contributed by atoms with van der Waals surface area (Å²) in [5.74, 6) is -0.0505. The molecule has 0 fully saturated rings. The lowest BCUT2D eigenvalue weighted by molar-refractivity contribution is -0.161. The second kappa shape index (κ2) is 51.7. The molecule has 0 saturated carbocycles. The minimum Gasteiger partial charge on any atom is -0.462 e. The Hall–Kier alpha value is -1.94. The molecule has 0 aromatic heterocycles. The van der Waals surface area contributed by atoms with Gasteiger partial charge in [-0.3, -0.25) is 37.3 Å². The molecule has 0 heterocycles. The van der Waals surface area contributed by atoms with Gasteiger partial charge in [0.25, 0.3) is 0 Å². The first-order valence-electron chi connectivity index (χ1n) is 31.3. The van der Waals surface area contributed by atoms with Crippen LogP contribution in [0.4, 0.5) is 0 Å². The van der Waals surface area contributed by atoms with Crippen LogP contribution in [-0.2, 0) is 65.4 Å². The molecular weight excluding hydrogens is 1050 g/mol. The molecule has 19 heteroatoms. The van der Waals surface area contributed by atoms with Crippen molar-refractivity contribution >= 4 is 39.5 Å². The number of carbonyl (C=O) groups excluding carboxylic acids is 4. The summed E-state index contributed by atoms with van der Waals surface area (Å²) >= 11 is 0. The first-order valence-corrected chi connectivity index (χ1v) is 34.3. The molecule has 17 nitrogen and oxygen atoms in total. The maximum atomic E-state index is 12.9. The summed E-state index contributed by atoms with van der Waals surface area (Å²) in [4.78, 5) is 71.9. The Kier molecular flexibility index (Phi) is 50.4. The molecule has 0 amide bonds. The van der Waals surface area contributed by atoms with E-state index in [1.165, 1.54) is 89.9 Å². The fourth-order valence-electron chi connectivity index (χ4n) is 8.77. The number of hydrogen-bond acceptors (Lipinski definition) is 15. The standard InChI is InChI=1S/C60H116O17P2/c1-8-9-10-11-12-13-20-27-34-41-57(62)70-47-55(76-59(64)43-36-29-22-15-18-25-32-39-52(4)5)49-74-78(66,67)72-45-54(61)46-73-79(68,69)75-50-56(77-60(65)44-37-30-23-16-19-26-33-40-53(6)7)48-71-58(63)42-35-28-21-14-17-24-31-38-51(2)3/h51-56,61H,8-50H2,1-7H3,(H,66,67)(H,68,69)/t54-,55+,56+/m0/s1. The SMILES string of the molecule is CCCCCCCCCCCC(=O)OC[C@H](COP(=O)(O)OC[C@H](O)COP(=O)(O)OC[C@@H](COC(=O)CCCCCCCCCC(C)C)OC(=O)CCCCCCCCCC(C)C)OC(=O)CCCCCCCCCC(C)C. The molecule has 5 atom stereocenters. The minimum absolute atomic E-state index is 0.102. The number of unbranched alkanes of at least 4 members (excludes halogenated alkanes) is 26. The van der Waals surface area contributed by atoms with Crippen molar-refractivity contribution in [1.82, 2.24) is 0 Å². The van der Waals surface area contributed by atoms with Gasteiger partial charge >= 0.3 is 39.5 Å². The van der Waals surface area contributed by atoms with E-state index in [0.717, 1.165) is 96.3 Å². The smallest absolute Gasteiger partial charge is 0.462 e. The lowest BCUT2D eigenvalue weighted by Crippen LogP contribution is -2.30. The number of rotatable bonds is 58. The van der Waals surface area contributed by atoms with Crippen LogP contribution in [0.1, 0.15) is 286 Å². The molecule has 0 radical (unpaired) electrons. The number of phosphoric ester groups is 2. The van der Waals surface area contributed by atoms with Crippen molar-refractivity contribution in [2.45, 2.75) is 304 Å². The average molecular weight is 1170 g/mol. The minimum atomic E-state index is -4.94. The van der Waals surface area contributed by atoms with E-state index in [2.05, 4.69) is 48.5 Å². The van der Waals surface area contributed by atoms with Crippen LogP contribution in [0.25, 0.3) is 0 Å². The quantitative estimate of drug-likeness (QED) is 0.0222. The van der Waals surface area contributed by atoms with Gasteiger partial charge in [0.15, 0.2) is 12.2 Å².